The van der Waals surface area contributed by atoms with Crippen LogP contribution in [0.3, 0.4) is 0 Å². The van der Waals surface area contributed by atoms with Crippen LogP contribution in [0.25, 0.3) is 0 Å². The van der Waals surface area contributed by atoms with Crippen LogP contribution in [0.15, 0.2) is 22.7 Å². The molecule has 0 aliphatic carbocycles. The van der Waals surface area contributed by atoms with E-state index in [0.29, 0.717) is 13.0 Å². The summed E-state index contributed by atoms with van der Waals surface area (Å²) in [7, 11) is 1.79. The lowest BCUT2D eigenvalue weighted by Crippen LogP contribution is -2.00. The highest BCUT2D eigenvalue weighted by Gasteiger charge is 2.04. The van der Waals surface area contributed by atoms with Crippen LogP contribution in [-0.4, -0.2) is 20.8 Å². The Kier molecular flexibility index (Phi) is 7.18. The molecule has 3 nitrogen and oxygen atoms in total. The molecule has 0 N–H and O–H groups in total. The topological polar surface area (TPSA) is 43.4 Å². The van der Waals surface area contributed by atoms with Crippen molar-refractivity contribution in [3.05, 3.63) is 28.2 Å². The molecule has 1 aromatic carbocycles. The molecule has 0 saturated carbocycles. The maximum atomic E-state index is 10.7. The predicted molar refractivity (Wildman–Crippen MR) is 82.5 cm³/mol. The van der Waals surface area contributed by atoms with Gasteiger partial charge in [-0.2, -0.15) is 0 Å². The summed E-state index contributed by atoms with van der Waals surface area (Å²) in [6.07, 6.45) is 3.32. The summed E-state index contributed by atoms with van der Waals surface area (Å²) in [6, 6.07) is 5.94. The normalized spacial score (nSPS) is 11.5. The quantitative estimate of drug-likeness (QED) is 0.508. The van der Waals surface area contributed by atoms with Crippen molar-refractivity contribution in [3.8, 4) is 5.75 Å². The second kappa shape index (κ2) is 8.12. The van der Waals surface area contributed by atoms with E-state index in [0.717, 1.165) is 35.0 Å². The molecular weight excluding hydrogens is 352 g/mol. The van der Waals surface area contributed by atoms with E-state index in [2.05, 4.69) is 15.9 Å². The average Bonchev–Trinajstić information content (AvgIpc) is 2.31. The third kappa shape index (κ3) is 7.80. The van der Waals surface area contributed by atoms with Crippen LogP contribution in [0.5, 0.6) is 5.75 Å². The van der Waals surface area contributed by atoms with Gasteiger partial charge in [0.05, 0.1) is 12.4 Å². The van der Waals surface area contributed by atoms with E-state index in [4.69, 9.17) is 15.4 Å². The van der Waals surface area contributed by atoms with Crippen molar-refractivity contribution in [2.45, 2.75) is 32.6 Å². The maximum absolute atomic E-state index is 10.7. The largest absolute Gasteiger partial charge is 0.493 e. The molecule has 108 valence electrons. The van der Waals surface area contributed by atoms with Crippen molar-refractivity contribution in [2.24, 2.45) is 0 Å². The molecule has 6 heteroatoms. The van der Waals surface area contributed by atoms with Crippen LogP contribution in [-0.2, 0) is 9.05 Å². The third-order valence-corrected chi connectivity index (χ3v) is 4.42. The summed E-state index contributed by atoms with van der Waals surface area (Å²) in [6.45, 7) is 2.65. The number of aryl methyl sites for hydroxylation is 1. The van der Waals surface area contributed by atoms with Crippen molar-refractivity contribution < 1.29 is 13.2 Å². The molecule has 0 unspecified atom stereocenters. The SMILES string of the molecule is Cc1ccc(Br)cc1OCCCCCCS(=O)(=O)Cl. The summed E-state index contributed by atoms with van der Waals surface area (Å²) < 4.78 is 28.1. The van der Waals surface area contributed by atoms with Gasteiger partial charge in [0, 0.05) is 15.2 Å². The minimum atomic E-state index is -3.33. The molecule has 0 fully saturated rings. The minimum absolute atomic E-state index is 0.0557. The molecule has 0 radical (unpaired) electrons. The van der Waals surface area contributed by atoms with Crippen molar-refractivity contribution in [1.29, 1.82) is 0 Å². The highest BCUT2D eigenvalue weighted by molar-refractivity contribution is 9.10. The van der Waals surface area contributed by atoms with E-state index in [-0.39, 0.29) is 5.75 Å². The van der Waals surface area contributed by atoms with Gasteiger partial charge in [0.15, 0.2) is 0 Å². The van der Waals surface area contributed by atoms with Crippen LogP contribution in [0.4, 0.5) is 0 Å². The summed E-state index contributed by atoms with van der Waals surface area (Å²) in [5, 5.41) is 0. The monoisotopic (exact) mass is 368 g/mol. The van der Waals surface area contributed by atoms with Gasteiger partial charge in [-0.05, 0) is 37.5 Å². The molecule has 0 heterocycles. The maximum Gasteiger partial charge on any atom is 0.232 e. The van der Waals surface area contributed by atoms with E-state index in [1.807, 2.05) is 25.1 Å². The molecule has 0 atom stereocenters. The number of benzene rings is 1. The first kappa shape index (κ1) is 16.8. The van der Waals surface area contributed by atoms with Gasteiger partial charge in [-0.25, -0.2) is 8.42 Å². The van der Waals surface area contributed by atoms with E-state index in [1.165, 1.54) is 0 Å². The first-order chi connectivity index (χ1) is 8.88. The van der Waals surface area contributed by atoms with Gasteiger partial charge in [-0.3, -0.25) is 0 Å². The predicted octanol–water partition coefficient (Wildman–Crippen LogP) is 4.27. The zero-order chi connectivity index (χ0) is 14.3. The van der Waals surface area contributed by atoms with Crippen molar-refractivity contribution in [2.75, 3.05) is 12.4 Å². The van der Waals surface area contributed by atoms with Gasteiger partial charge in [-0.15, -0.1) is 0 Å². The fraction of sp³-hybridized carbons (Fsp3) is 0.538. The molecule has 19 heavy (non-hydrogen) atoms. The lowest BCUT2D eigenvalue weighted by atomic mass is 10.2. The fourth-order valence-corrected chi connectivity index (χ4v) is 2.86. The molecule has 0 spiro atoms. The van der Waals surface area contributed by atoms with Crippen LogP contribution < -0.4 is 4.74 Å². The second-order valence-corrected chi connectivity index (χ2v) is 8.23. The van der Waals surface area contributed by atoms with E-state index in [9.17, 15) is 8.42 Å². The van der Waals surface area contributed by atoms with Gasteiger partial charge in [0.25, 0.3) is 0 Å². The molecule has 1 rings (SSSR count). The zero-order valence-corrected chi connectivity index (χ0v) is 14.0. The Bertz CT molecular complexity index is 503. The summed E-state index contributed by atoms with van der Waals surface area (Å²) in [5.74, 6) is 0.942. The molecule has 0 saturated heterocycles. The Hall–Kier alpha value is -0.260. The Morgan fingerprint density at radius 1 is 1.21 bits per heavy atom. The Balaban J connectivity index is 2.16. The first-order valence-corrected chi connectivity index (χ1v) is 9.47. The standard InChI is InChI=1S/C13H18BrClO3S/c1-11-6-7-12(14)10-13(11)18-8-4-2-3-5-9-19(15,16)17/h6-7,10H,2-5,8-9H2,1H3. The number of rotatable bonds is 8. The molecule has 0 aromatic heterocycles. The first-order valence-electron chi connectivity index (χ1n) is 6.20. The molecule has 0 amide bonds. The summed E-state index contributed by atoms with van der Waals surface area (Å²) in [4.78, 5) is 0. The minimum Gasteiger partial charge on any atom is -0.493 e. The van der Waals surface area contributed by atoms with Gasteiger partial charge < -0.3 is 4.74 Å². The Morgan fingerprint density at radius 3 is 2.58 bits per heavy atom. The highest BCUT2D eigenvalue weighted by atomic mass is 79.9. The Morgan fingerprint density at radius 2 is 1.89 bits per heavy atom. The van der Waals surface area contributed by atoms with E-state index < -0.39 is 9.05 Å². The molecule has 0 bridgehead atoms. The zero-order valence-electron chi connectivity index (χ0n) is 10.9. The summed E-state index contributed by atoms with van der Waals surface area (Å²) in [5.41, 5.74) is 1.11. The lowest BCUT2D eigenvalue weighted by Gasteiger charge is -2.09. The van der Waals surface area contributed by atoms with Gasteiger partial charge in [0.2, 0.25) is 9.05 Å². The van der Waals surface area contributed by atoms with Gasteiger partial charge in [0.1, 0.15) is 5.75 Å². The van der Waals surface area contributed by atoms with E-state index >= 15 is 0 Å². The van der Waals surface area contributed by atoms with E-state index in [1.54, 1.807) is 0 Å². The number of halogens is 2. The molecule has 1 aromatic rings. The number of ether oxygens (including phenoxy) is 1. The second-order valence-electron chi connectivity index (χ2n) is 4.42. The molecule has 0 aliphatic heterocycles. The number of unbranched alkanes of at least 4 members (excludes halogenated alkanes) is 3. The smallest absolute Gasteiger partial charge is 0.232 e. The fourth-order valence-electron chi connectivity index (χ4n) is 1.64. The van der Waals surface area contributed by atoms with Gasteiger partial charge in [-0.1, -0.05) is 34.8 Å². The van der Waals surface area contributed by atoms with Crippen molar-refractivity contribution in [3.63, 3.8) is 0 Å². The van der Waals surface area contributed by atoms with Crippen LogP contribution in [0.1, 0.15) is 31.2 Å². The highest BCUT2D eigenvalue weighted by Crippen LogP contribution is 2.23. The lowest BCUT2D eigenvalue weighted by molar-refractivity contribution is 0.303. The average molecular weight is 370 g/mol. The molecular formula is C13H18BrClO3S. The Labute approximate surface area is 127 Å². The van der Waals surface area contributed by atoms with Crippen molar-refractivity contribution >= 4 is 35.7 Å². The summed E-state index contributed by atoms with van der Waals surface area (Å²) >= 11 is 3.41. The third-order valence-electron chi connectivity index (χ3n) is 2.69. The van der Waals surface area contributed by atoms with Crippen LogP contribution >= 0.6 is 26.6 Å². The van der Waals surface area contributed by atoms with Gasteiger partial charge >= 0.3 is 0 Å². The van der Waals surface area contributed by atoms with Crippen LogP contribution in [0.2, 0.25) is 0 Å². The van der Waals surface area contributed by atoms with Crippen LogP contribution in [0, 0.1) is 6.92 Å². The molecule has 0 aliphatic rings. The number of hydrogen-bond donors (Lipinski definition) is 0. The number of hydrogen-bond acceptors (Lipinski definition) is 3. The van der Waals surface area contributed by atoms with Crippen molar-refractivity contribution in [1.82, 2.24) is 0 Å².